The zero-order valence-corrected chi connectivity index (χ0v) is 17.9. The molecule has 1 aliphatic carbocycles. The molecule has 30 heavy (non-hydrogen) atoms. The molecule has 3 aromatic carbocycles. The van der Waals surface area contributed by atoms with Gasteiger partial charge in [0.1, 0.15) is 5.82 Å². The standard InChI is InChI=1S/C20H23NO.C6H5FS/c21-16-11-12-22-19(13-16)20-17-7-3-1-5-14(17)9-10-15-6-2-4-8-18(15)20;7-5-2-1-3-6(8)4-5/h1-8,16,19-20H,9-13,21H2;1-4,8H. The minimum absolute atomic E-state index is 0.198. The number of hydrogen-bond acceptors (Lipinski definition) is 3. The Morgan fingerprint density at radius 1 is 0.867 bits per heavy atom. The summed E-state index contributed by atoms with van der Waals surface area (Å²) in [6.45, 7) is 0.784. The summed E-state index contributed by atoms with van der Waals surface area (Å²) < 4.78 is 18.3. The molecule has 0 amide bonds. The largest absolute Gasteiger partial charge is 0.377 e. The zero-order valence-electron chi connectivity index (χ0n) is 17.0. The van der Waals surface area contributed by atoms with Crippen LogP contribution in [0.3, 0.4) is 0 Å². The minimum Gasteiger partial charge on any atom is -0.377 e. The number of aryl methyl sites for hydroxylation is 2. The zero-order chi connectivity index (χ0) is 20.9. The fourth-order valence-electron chi connectivity index (χ4n) is 4.53. The second kappa shape index (κ2) is 9.78. The van der Waals surface area contributed by atoms with Crippen molar-refractivity contribution < 1.29 is 9.13 Å². The van der Waals surface area contributed by atoms with Gasteiger partial charge in [-0.2, -0.15) is 0 Å². The van der Waals surface area contributed by atoms with E-state index in [9.17, 15) is 4.39 Å². The van der Waals surface area contributed by atoms with Crippen LogP contribution < -0.4 is 5.73 Å². The Hall–Kier alpha value is -2.14. The van der Waals surface area contributed by atoms with Gasteiger partial charge in [0.05, 0.1) is 6.10 Å². The Balaban J connectivity index is 0.000000230. The lowest BCUT2D eigenvalue weighted by Crippen LogP contribution is -2.38. The fourth-order valence-corrected chi connectivity index (χ4v) is 4.74. The molecule has 2 N–H and O–H groups in total. The van der Waals surface area contributed by atoms with E-state index in [-0.39, 0.29) is 18.0 Å². The predicted octanol–water partition coefficient (Wildman–Crippen LogP) is 5.54. The molecule has 2 nitrogen and oxygen atoms in total. The highest BCUT2D eigenvalue weighted by Crippen LogP contribution is 2.39. The van der Waals surface area contributed by atoms with Crippen molar-refractivity contribution in [2.75, 3.05) is 6.61 Å². The molecule has 2 unspecified atom stereocenters. The lowest BCUT2D eigenvalue weighted by Gasteiger charge is -2.34. The molecule has 2 atom stereocenters. The Kier molecular flexibility index (Phi) is 6.88. The van der Waals surface area contributed by atoms with Crippen molar-refractivity contribution in [3.63, 3.8) is 0 Å². The molecule has 1 saturated heterocycles. The molecule has 1 fully saturated rings. The van der Waals surface area contributed by atoms with Crippen molar-refractivity contribution in [3.05, 3.63) is 101 Å². The molecule has 156 valence electrons. The summed E-state index contributed by atoms with van der Waals surface area (Å²) in [6.07, 6.45) is 4.36. The van der Waals surface area contributed by atoms with E-state index in [1.807, 2.05) is 0 Å². The van der Waals surface area contributed by atoms with Crippen LogP contribution >= 0.6 is 12.6 Å². The number of benzene rings is 3. The van der Waals surface area contributed by atoms with E-state index in [0.29, 0.717) is 10.8 Å². The molecule has 0 radical (unpaired) electrons. The highest BCUT2D eigenvalue weighted by atomic mass is 32.1. The van der Waals surface area contributed by atoms with Gasteiger partial charge < -0.3 is 10.5 Å². The Bertz CT molecular complexity index is 927. The lowest BCUT2D eigenvalue weighted by molar-refractivity contribution is -0.00150. The molecule has 3 aromatic rings. The second-order valence-electron chi connectivity index (χ2n) is 8.05. The summed E-state index contributed by atoms with van der Waals surface area (Å²) in [5.41, 5.74) is 12.0. The number of thiol groups is 1. The van der Waals surface area contributed by atoms with Crippen molar-refractivity contribution in [1.29, 1.82) is 0 Å². The van der Waals surface area contributed by atoms with Gasteiger partial charge in [0, 0.05) is 23.5 Å². The SMILES string of the molecule is Fc1cccc(S)c1.NC1CCOC(C2c3ccccc3CCc3ccccc32)C1. The second-order valence-corrected chi connectivity index (χ2v) is 8.57. The molecule has 0 saturated carbocycles. The first-order valence-electron chi connectivity index (χ1n) is 10.6. The van der Waals surface area contributed by atoms with E-state index in [2.05, 4.69) is 61.2 Å². The number of halogens is 1. The average Bonchev–Trinajstić information content (AvgIpc) is 2.91. The quantitative estimate of drug-likeness (QED) is 0.506. The van der Waals surface area contributed by atoms with Gasteiger partial charge in [-0.25, -0.2) is 4.39 Å². The van der Waals surface area contributed by atoms with Crippen molar-refractivity contribution in [3.8, 4) is 0 Å². The molecule has 4 heteroatoms. The molecule has 1 heterocycles. The smallest absolute Gasteiger partial charge is 0.124 e. The lowest BCUT2D eigenvalue weighted by atomic mass is 9.81. The molecule has 5 rings (SSSR count). The highest BCUT2D eigenvalue weighted by molar-refractivity contribution is 7.80. The first-order chi connectivity index (χ1) is 14.6. The topological polar surface area (TPSA) is 35.2 Å². The van der Waals surface area contributed by atoms with E-state index in [0.717, 1.165) is 32.3 Å². The van der Waals surface area contributed by atoms with Crippen LogP contribution in [0.15, 0.2) is 77.7 Å². The number of hydrogen-bond donors (Lipinski definition) is 2. The van der Waals surface area contributed by atoms with Gasteiger partial charge in [-0.3, -0.25) is 0 Å². The fraction of sp³-hybridized carbons (Fsp3) is 0.308. The number of rotatable bonds is 1. The summed E-state index contributed by atoms with van der Waals surface area (Å²) in [4.78, 5) is 0.657. The first-order valence-corrected chi connectivity index (χ1v) is 11.0. The number of fused-ring (bicyclic) bond motifs is 2. The van der Waals surface area contributed by atoms with Gasteiger partial charge in [-0.05, 0) is 66.1 Å². The monoisotopic (exact) mass is 421 g/mol. The highest BCUT2D eigenvalue weighted by Gasteiger charge is 2.33. The normalized spacial score (nSPS) is 20.9. The molecular weight excluding hydrogens is 393 g/mol. The molecule has 0 bridgehead atoms. The Labute approximate surface area is 183 Å². The predicted molar refractivity (Wildman–Crippen MR) is 123 cm³/mol. The van der Waals surface area contributed by atoms with Crippen molar-refractivity contribution in [1.82, 2.24) is 0 Å². The van der Waals surface area contributed by atoms with Crippen LogP contribution in [0.25, 0.3) is 0 Å². The van der Waals surface area contributed by atoms with Gasteiger partial charge in [-0.15, -0.1) is 12.6 Å². The van der Waals surface area contributed by atoms with Crippen molar-refractivity contribution in [2.24, 2.45) is 5.73 Å². The summed E-state index contributed by atoms with van der Waals surface area (Å²) in [5, 5.41) is 0. The summed E-state index contributed by atoms with van der Waals surface area (Å²) >= 11 is 3.91. The van der Waals surface area contributed by atoms with E-state index in [1.54, 1.807) is 12.1 Å². The first kappa shape index (κ1) is 21.1. The van der Waals surface area contributed by atoms with Gasteiger partial charge in [0.15, 0.2) is 0 Å². The van der Waals surface area contributed by atoms with Gasteiger partial charge in [0.25, 0.3) is 0 Å². The van der Waals surface area contributed by atoms with Crippen LogP contribution in [0, 0.1) is 5.82 Å². The summed E-state index contributed by atoms with van der Waals surface area (Å²) in [6, 6.07) is 24.1. The van der Waals surface area contributed by atoms with Crippen molar-refractivity contribution in [2.45, 2.75) is 48.6 Å². The van der Waals surface area contributed by atoms with E-state index in [1.165, 1.54) is 34.4 Å². The van der Waals surface area contributed by atoms with Crippen LogP contribution in [-0.2, 0) is 17.6 Å². The molecule has 1 aliphatic heterocycles. The van der Waals surface area contributed by atoms with Gasteiger partial charge in [0.2, 0.25) is 0 Å². The number of nitrogens with two attached hydrogens (primary N) is 1. The summed E-state index contributed by atoms with van der Waals surface area (Å²) in [5.74, 6) is 0.0822. The minimum atomic E-state index is -0.238. The maximum atomic E-state index is 12.1. The van der Waals surface area contributed by atoms with Crippen LogP contribution in [0.2, 0.25) is 0 Å². The number of ether oxygens (including phenoxy) is 1. The molecule has 0 spiro atoms. The maximum absolute atomic E-state index is 12.1. The van der Waals surface area contributed by atoms with Crippen LogP contribution in [0.5, 0.6) is 0 Å². The third-order valence-corrected chi connectivity index (χ3v) is 6.26. The third-order valence-electron chi connectivity index (χ3n) is 5.98. The van der Waals surface area contributed by atoms with Crippen molar-refractivity contribution >= 4 is 12.6 Å². The van der Waals surface area contributed by atoms with Gasteiger partial charge in [-0.1, -0.05) is 54.6 Å². The van der Waals surface area contributed by atoms with E-state index >= 15 is 0 Å². The van der Waals surface area contributed by atoms with E-state index in [4.69, 9.17) is 10.5 Å². The van der Waals surface area contributed by atoms with Gasteiger partial charge >= 0.3 is 0 Å². The molecule has 2 aliphatic rings. The van der Waals surface area contributed by atoms with Crippen LogP contribution in [0.1, 0.15) is 41.0 Å². The maximum Gasteiger partial charge on any atom is 0.124 e. The molecule has 0 aromatic heterocycles. The Morgan fingerprint density at radius 3 is 2.03 bits per heavy atom. The van der Waals surface area contributed by atoms with Crippen LogP contribution in [-0.4, -0.2) is 18.8 Å². The molecular formula is C26H28FNOS. The Morgan fingerprint density at radius 2 is 1.50 bits per heavy atom. The van der Waals surface area contributed by atoms with Crippen LogP contribution in [0.4, 0.5) is 4.39 Å². The van der Waals surface area contributed by atoms with E-state index < -0.39 is 0 Å². The third kappa shape index (κ3) is 4.94. The summed E-state index contributed by atoms with van der Waals surface area (Å²) in [7, 11) is 0. The average molecular weight is 422 g/mol.